The molecule has 142 valence electrons. The molecule has 2 heterocycles. The highest BCUT2D eigenvalue weighted by Gasteiger charge is 2.26. The fraction of sp³-hybridized carbons (Fsp3) is 0.190. The zero-order valence-electron chi connectivity index (χ0n) is 15.5. The van der Waals surface area contributed by atoms with Crippen LogP contribution < -0.4 is 9.47 Å². The molecule has 0 aliphatic heterocycles. The van der Waals surface area contributed by atoms with Gasteiger partial charge in [0.15, 0.2) is 0 Å². The lowest BCUT2D eigenvalue weighted by molar-refractivity contribution is 0.420. The van der Waals surface area contributed by atoms with Crippen molar-refractivity contribution in [2.45, 2.75) is 26.2 Å². The summed E-state index contributed by atoms with van der Waals surface area (Å²) in [6.45, 7) is 6.11. The van der Waals surface area contributed by atoms with Crippen molar-refractivity contribution >= 4 is 23.2 Å². The molecule has 0 unspecified atom stereocenters. The molecule has 28 heavy (non-hydrogen) atoms. The molecule has 0 bridgehead atoms. The number of hydrogen-bond acceptors (Lipinski definition) is 5. The molecule has 3 rings (SSSR count). The Morgan fingerprint density at radius 3 is 1.64 bits per heavy atom. The van der Waals surface area contributed by atoms with E-state index in [1.807, 2.05) is 20.8 Å². The first-order valence-corrected chi connectivity index (χ1v) is 9.19. The predicted molar refractivity (Wildman–Crippen MR) is 108 cm³/mol. The van der Waals surface area contributed by atoms with Crippen molar-refractivity contribution in [1.82, 2.24) is 9.97 Å². The summed E-state index contributed by atoms with van der Waals surface area (Å²) in [6.07, 6.45) is 3.05. The normalized spacial score (nSPS) is 11.0. The molecule has 0 saturated heterocycles. The highest BCUT2D eigenvalue weighted by atomic mass is 35.5. The van der Waals surface area contributed by atoms with Crippen LogP contribution in [0.1, 0.15) is 31.9 Å². The molecule has 0 aliphatic carbocycles. The third kappa shape index (κ3) is 4.72. The highest BCUT2D eigenvalue weighted by molar-refractivity contribution is 6.29. The third-order valence-electron chi connectivity index (χ3n) is 3.80. The number of ether oxygens (including phenoxy) is 2. The predicted octanol–water partition coefficient (Wildman–Crippen LogP) is 6.54. The summed E-state index contributed by atoms with van der Waals surface area (Å²) in [5.41, 5.74) is 0.872. The first kappa shape index (κ1) is 19.9. The molecule has 0 N–H and O–H groups in total. The minimum absolute atomic E-state index is 0.335. The molecule has 0 fully saturated rings. The summed E-state index contributed by atoms with van der Waals surface area (Å²) >= 11 is 11.7. The van der Waals surface area contributed by atoms with Crippen molar-refractivity contribution in [2.75, 3.05) is 0 Å². The maximum atomic E-state index is 9.46. The van der Waals surface area contributed by atoms with Gasteiger partial charge in [0.05, 0.1) is 24.0 Å². The lowest BCUT2D eigenvalue weighted by atomic mass is 9.85. The van der Waals surface area contributed by atoms with Gasteiger partial charge in [0.1, 0.15) is 33.3 Å². The number of hydrogen-bond donors (Lipinski definition) is 0. The van der Waals surface area contributed by atoms with Gasteiger partial charge in [-0.3, -0.25) is 0 Å². The summed E-state index contributed by atoms with van der Waals surface area (Å²) in [4.78, 5) is 8.06. The van der Waals surface area contributed by atoms with Crippen LogP contribution >= 0.6 is 23.2 Å². The zero-order chi connectivity index (χ0) is 20.3. The number of benzene rings is 1. The molecule has 0 saturated carbocycles. The lowest BCUT2D eigenvalue weighted by Crippen LogP contribution is -2.14. The van der Waals surface area contributed by atoms with Crippen LogP contribution in [0.4, 0.5) is 0 Å². The van der Waals surface area contributed by atoms with E-state index in [1.165, 1.54) is 12.4 Å². The lowest BCUT2D eigenvalue weighted by Gasteiger charge is -2.26. The molecular weight excluding hydrogens is 397 g/mol. The number of pyridine rings is 2. The van der Waals surface area contributed by atoms with Crippen molar-refractivity contribution in [3.8, 4) is 29.1 Å². The van der Waals surface area contributed by atoms with E-state index >= 15 is 0 Å². The Labute approximate surface area is 173 Å². The van der Waals surface area contributed by atoms with E-state index in [9.17, 15) is 5.26 Å². The number of nitrogens with zero attached hydrogens (tertiary/aromatic N) is 3. The molecule has 0 spiro atoms. The van der Waals surface area contributed by atoms with Crippen LogP contribution in [0.15, 0.2) is 48.8 Å². The van der Waals surface area contributed by atoms with E-state index in [0.29, 0.717) is 38.9 Å². The van der Waals surface area contributed by atoms with Gasteiger partial charge in [0.25, 0.3) is 0 Å². The van der Waals surface area contributed by atoms with Crippen LogP contribution in [-0.2, 0) is 5.41 Å². The SMILES string of the molecule is CC(C)(C)c1c(Oc2ccc(Cl)nc2)cc(C#N)cc1Oc1ccc(Cl)nc1. The van der Waals surface area contributed by atoms with Gasteiger partial charge in [-0.1, -0.05) is 44.0 Å². The Morgan fingerprint density at radius 2 is 1.32 bits per heavy atom. The molecule has 7 heteroatoms. The molecule has 0 radical (unpaired) electrons. The van der Waals surface area contributed by atoms with Crippen LogP contribution in [0, 0.1) is 11.3 Å². The second-order valence-corrected chi connectivity index (χ2v) is 7.82. The van der Waals surface area contributed by atoms with E-state index in [4.69, 9.17) is 32.7 Å². The van der Waals surface area contributed by atoms with Crippen LogP contribution in [0.25, 0.3) is 0 Å². The maximum Gasteiger partial charge on any atom is 0.145 e. The second kappa shape index (κ2) is 8.05. The van der Waals surface area contributed by atoms with Crippen LogP contribution in [0.3, 0.4) is 0 Å². The molecule has 3 aromatic rings. The monoisotopic (exact) mass is 413 g/mol. The average molecular weight is 414 g/mol. The summed E-state index contributed by atoms with van der Waals surface area (Å²) in [5.74, 6) is 2.02. The summed E-state index contributed by atoms with van der Waals surface area (Å²) in [5, 5.41) is 10.2. The second-order valence-electron chi connectivity index (χ2n) is 7.05. The minimum Gasteiger partial charge on any atom is -0.455 e. The first-order chi connectivity index (χ1) is 13.3. The van der Waals surface area contributed by atoms with Crippen molar-refractivity contribution in [3.05, 3.63) is 70.2 Å². The molecular formula is C21H17Cl2N3O2. The Bertz CT molecular complexity index is 953. The molecule has 2 aromatic heterocycles. The van der Waals surface area contributed by atoms with E-state index in [1.54, 1.807) is 36.4 Å². The van der Waals surface area contributed by atoms with Gasteiger partial charge in [-0.25, -0.2) is 9.97 Å². The highest BCUT2D eigenvalue weighted by Crippen LogP contribution is 2.43. The minimum atomic E-state index is -0.335. The van der Waals surface area contributed by atoms with Crippen molar-refractivity contribution < 1.29 is 9.47 Å². The van der Waals surface area contributed by atoms with Gasteiger partial charge in [-0.05, 0) is 41.8 Å². The number of rotatable bonds is 4. The van der Waals surface area contributed by atoms with Gasteiger partial charge in [-0.15, -0.1) is 0 Å². The van der Waals surface area contributed by atoms with E-state index in [-0.39, 0.29) is 5.41 Å². The number of aromatic nitrogens is 2. The molecule has 0 aliphatic rings. The van der Waals surface area contributed by atoms with Crippen LogP contribution in [-0.4, -0.2) is 9.97 Å². The molecule has 0 amide bonds. The summed E-state index contributed by atoms with van der Waals surface area (Å²) < 4.78 is 12.1. The Morgan fingerprint density at radius 1 is 0.857 bits per heavy atom. The van der Waals surface area contributed by atoms with E-state index in [2.05, 4.69) is 16.0 Å². The Balaban J connectivity index is 2.10. The molecule has 5 nitrogen and oxygen atoms in total. The number of nitriles is 1. The van der Waals surface area contributed by atoms with Crippen LogP contribution in [0.5, 0.6) is 23.0 Å². The van der Waals surface area contributed by atoms with Gasteiger partial charge >= 0.3 is 0 Å². The standard InChI is InChI=1S/C21H17Cl2N3O2/c1-21(2,3)20-16(27-14-4-6-18(22)25-11-14)8-13(10-24)9-17(20)28-15-5-7-19(23)26-12-15/h4-9,11-12H,1-3H3. The fourth-order valence-corrected chi connectivity index (χ4v) is 2.88. The van der Waals surface area contributed by atoms with Crippen molar-refractivity contribution in [2.24, 2.45) is 0 Å². The summed E-state index contributed by atoms with van der Waals surface area (Å²) in [7, 11) is 0. The quantitative estimate of drug-likeness (QED) is 0.454. The largest absolute Gasteiger partial charge is 0.455 e. The molecule has 1 aromatic carbocycles. The third-order valence-corrected chi connectivity index (χ3v) is 4.25. The Kier molecular flexibility index (Phi) is 5.73. The first-order valence-electron chi connectivity index (χ1n) is 8.44. The van der Waals surface area contributed by atoms with E-state index in [0.717, 1.165) is 5.56 Å². The summed E-state index contributed by atoms with van der Waals surface area (Å²) in [6, 6.07) is 12.2. The van der Waals surface area contributed by atoms with Crippen LogP contribution in [0.2, 0.25) is 10.3 Å². The molecule has 0 atom stereocenters. The van der Waals surface area contributed by atoms with E-state index < -0.39 is 0 Å². The van der Waals surface area contributed by atoms with Crippen molar-refractivity contribution in [1.29, 1.82) is 5.26 Å². The zero-order valence-corrected chi connectivity index (χ0v) is 17.0. The average Bonchev–Trinajstić information content (AvgIpc) is 2.64. The Hall–Kier alpha value is -2.81. The van der Waals surface area contributed by atoms with Gasteiger partial charge in [0, 0.05) is 5.56 Å². The van der Waals surface area contributed by atoms with Gasteiger partial charge in [-0.2, -0.15) is 5.26 Å². The van der Waals surface area contributed by atoms with Crippen molar-refractivity contribution in [3.63, 3.8) is 0 Å². The topological polar surface area (TPSA) is 68.0 Å². The van der Waals surface area contributed by atoms with Gasteiger partial charge in [0.2, 0.25) is 0 Å². The van der Waals surface area contributed by atoms with Gasteiger partial charge < -0.3 is 9.47 Å². The smallest absolute Gasteiger partial charge is 0.145 e. The fourth-order valence-electron chi connectivity index (χ4n) is 2.65. The number of halogens is 2. The maximum absolute atomic E-state index is 9.46.